The van der Waals surface area contributed by atoms with E-state index < -0.39 is 0 Å². The molecule has 3 atom stereocenters. The highest BCUT2D eigenvalue weighted by Gasteiger charge is 2.35. The molecule has 0 spiro atoms. The van der Waals surface area contributed by atoms with E-state index in [0.29, 0.717) is 29.3 Å². The summed E-state index contributed by atoms with van der Waals surface area (Å²) in [6.07, 6.45) is 7.40. The van der Waals surface area contributed by atoms with E-state index in [4.69, 9.17) is 0 Å². The third-order valence-electron chi connectivity index (χ3n) is 8.32. The summed E-state index contributed by atoms with van der Waals surface area (Å²) >= 11 is 0. The first-order chi connectivity index (χ1) is 18.5. The molecule has 196 valence electrons. The second-order valence-corrected chi connectivity index (χ2v) is 10.9. The predicted molar refractivity (Wildman–Crippen MR) is 147 cm³/mol. The number of piperidine rings is 2. The minimum Gasteiger partial charge on any atom is -0.369 e. The van der Waals surface area contributed by atoms with Gasteiger partial charge in [-0.25, -0.2) is 0 Å². The number of carbonyl (C=O) groups is 2. The van der Waals surface area contributed by atoms with Crippen molar-refractivity contribution in [3.05, 3.63) is 88.1 Å². The van der Waals surface area contributed by atoms with Crippen LogP contribution in [0.2, 0.25) is 0 Å². The van der Waals surface area contributed by atoms with Crippen molar-refractivity contribution < 1.29 is 9.59 Å². The zero-order chi connectivity index (χ0) is 26.2. The molecule has 3 unspecified atom stereocenters. The van der Waals surface area contributed by atoms with Crippen molar-refractivity contribution in [2.24, 2.45) is 5.92 Å². The number of fused-ring (bicyclic) bond motifs is 4. The van der Waals surface area contributed by atoms with E-state index in [9.17, 15) is 14.4 Å². The highest BCUT2D eigenvalue weighted by molar-refractivity contribution is 6.07. The Balaban J connectivity index is 1.34. The van der Waals surface area contributed by atoms with Gasteiger partial charge in [0.2, 0.25) is 0 Å². The van der Waals surface area contributed by atoms with Crippen LogP contribution < -0.4 is 15.8 Å². The van der Waals surface area contributed by atoms with Gasteiger partial charge in [0.1, 0.15) is 0 Å². The van der Waals surface area contributed by atoms with E-state index in [2.05, 4.69) is 28.2 Å². The molecule has 8 nitrogen and oxygen atoms in total. The Bertz CT molecular complexity index is 1420. The van der Waals surface area contributed by atoms with Gasteiger partial charge in [0.05, 0.1) is 11.4 Å². The summed E-state index contributed by atoms with van der Waals surface area (Å²) in [6, 6.07) is 14.8. The Hall–Kier alpha value is -3.94. The van der Waals surface area contributed by atoms with Gasteiger partial charge in [-0.3, -0.25) is 19.4 Å². The number of hydrogen-bond donors (Lipinski definition) is 1. The van der Waals surface area contributed by atoms with Crippen LogP contribution >= 0.6 is 0 Å². The topological polar surface area (TPSA) is 87.5 Å². The highest BCUT2D eigenvalue weighted by atomic mass is 16.2. The van der Waals surface area contributed by atoms with Crippen molar-refractivity contribution in [3.8, 4) is 0 Å². The smallest absolute Gasteiger partial charge is 0.255 e. The van der Waals surface area contributed by atoms with Gasteiger partial charge >= 0.3 is 0 Å². The van der Waals surface area contributed by atoms with Gasteiger partial charge in [0, 0.05) is 73.4 Å². The lowest BCUT2D eigenvalue weighted by Gasteiger charge is -2.44. The Morgan fingerprint density at radius 1 is 0.974 bits per heavy atom. The van der Waals surface area contributed by atoms with Gasteiger partial charge in [-0.05, 0) is 74.9 Å². The number of pyridine rings is 2. The largest absolute Gasteiger partial charge is 0.369 e. The average molecular weight is 512 g/mol. The number of aromatic nitrogens is 2. The molecule has 0 saturated carbocycles. The summed E-state index contributed by atoms with van der Waals surface area (Å²) in [7, 11) is 0. The lowest BCUT2D eigenvalue weighted by molar-refractivity contribution is 0.0635. The summed E-state index contributed by atoms with van der Waals surface area (Å²) in [4.78, 5) is 47.4. The number of nitrogens with zero attached hydrogens (tertiary/aromatic N) is 4. The van der Waals surface area contributed by atoms with Gasteiger partial charge in [-0.2, -0.15) is 0 Å². The van der Waals surface area contributed by atoms with Gasteiger partial charge < -0.3 is 19.7 Å². The maximum absolute atomic E-state index is 13.5. The van der Waals surface area contributed by atoms with Crippen molar-refractivity contribution in [2.45, 2.75) is 51.1 Å². The van der Waals surface area contributed by atoms with Crippen LogP contribution in [0.15, 0.2) is 65.7 Å². The van der Waals surface area contributed by atoms with Gasteiger partial charge in [-0.15, -0.1) is 0 Å². The van der Waals surface area contributed by atoms with Gasteiger partial charge in [0.25, 0.3) is 17.4 Å². The molecule has 3 aromatic rings. The van der Waals surface area contributed by atoms with Crippen LogP contribution in [0.25, 0.3) is 0 Å². The van der Waals surface area contributed by atoms with Crippen LogP contribution in [0.3, 0.4) is 0 Å². The first-order valence-corrected chi connectivity index (χ1v) is 13.6. The minimum atomic E-state index is -0.237. The first-order valence-electron chi connectivity index (χ1n) is 13.6. The third kappa shape index (κ3) is 4.59. The second-order valence-electron chi connectivity index (χ2n) is 10.9. The molecule has 2 bridgehead atoms. The predicted octanol–water partition coefficient (Wildman–Crippen LogP) is 4.13. The lowest BCUT2D eigenvalue weighted by Crippen LogP contribution is -2.47. The van der Waals surface area contributed by atoms with Crippen LogP contribution in [-0.2, 0) is 6.54 Å². The van der Waals surface area contributed by atoms with Gasteiger partial charge in [0.15, 0.2) is 0 Å². The molecule has 38 heavy (non-hydrogen) atoms. The molecule has 0 radical (unpaired) electrons. The molecule has 6 rings (SSSR count). The quantitative estimate of drug-likeness (QED) is 0.569. The Labute approximate surface area is 222 Å². The van der Waals surface area contributed by atoms with E-state index in [1.807, 2.05) is 33.7 Å². The van der Waals surface area contributed by atoms with Crippen LogP contribution in [0.4, 0.5) is 11.4 Å². The van der Waals surface area contributed by atoms with Crippen LogP contribution in [-0.4, -0.2) is 51.9 Å². The fourth-order valence-corrected chi connectivity index (χ4v) is 6.40. The van der Waals surface area contributed by atoms with E-state index in [1.165, 1.54) is 0 Å². The van der Waals surface area contributed by atoms with Crippen LogP contribution in [0.5, 0.6) is 0 Å². The zero-order valence-electron chi connectivity index (χ0n) is 21.7. The van der Waals surface area contributed by atoms with Crippen molar-refractivity contribution in [1.29, 1.82) is 0 Å². The number of nitrogens with one attached hydrogen (secondary N) is 1. The van der Waals surface area contributed by atoms with Crippen LogP contribution in [0.1, 0.15) is 64.9 Å². The number of benzene rings is 1. The molecule has 8 heteroatoms. The summed E-state index contributed by atoms with van der Waals surface area (Å²) in [5.74, 6) is 0.335. The number of rotatable bonds is 4. The summed E-state index contributed by atoms with van der Waals surface area (Å²) < 4.78 is 1.92. The molecule has 3 aliphatic rings. The van der Waals surface area contributed by atoms with Crippen molar-refractivity contribution in [3.63, 3.8) is 0 Å². The molecule has 1 aromatic carbocycles. The summed E-state index contributed by atoms with van der Waals surface area (Å²) in [5.41, 5.74) is 3.76. The van der Waals surface area contributed by atoms with E-state index in [0.717, 1.165) is 56.7 Å². The summed E-state index contributed by atoms with van der Waals surface area (Å²) in [5, 5.41) is 3.09. The molecule has 2 saturated heterocycles. The molecule has 2 fully saturated rings. The number of amides is 2. The molecule has 1 N–H and O–H groups in total. The monoisotopic (exact) mass is 511 g/mol. The fraction of sp³-hybridized carbons (Fsp3) is 0.400. The Morgan fingerprint density at radius 3 is 2.63 bits per heavy atom. The number of likely N-dealkylation sites (tertiary alicyclic amines) is 1. The number of carbonyl (C=O) groups excluding carboxylic acids is 2. The molecule has 2 aromatic heterocycles. The number of hydrogen-bond acceptors (Lipinski definition) is 5. The molecule has 3 aliphatic heterocycles. The Morgan fingerprint density at radius 2 is 1.82 bits per heavy atom. The zero-order valence-corrected chi connectivity index (χ0v) is 21.7. The van der Waals surface area contributed by atoms with E-state index >= 15 is 0 Å². The standard InChI is InChI=1S/C30H33N5O3/c1-20-5-2-3-14-34(20)30(38)23-8-9-27(25(16-23)32-29(37)22-10-12-31-13-11-22)33-17-21-15-24(19-33)26-6-4-7-28(36)35(26)18-21/h4,6-13,16,20-21,24H,2-3,5,14-15,17-19H2,1H3,(H,32,37). The first kappa shape index (κ1) is 24.4. The van der Waals surface area contributed by atoms with Crippen LogP contribution in [0, 0.1) is 5.92 Å². The molecular formula is C30H33N5O3. The maximum atomic E-state index is 13.5. The Kier molecular flexibility index (Phi) is 6.47. The maximum Gasteiger partial charge on any atom is 0.255 e. The highest BCUT2D eigenvalue weighted by Crippen LogP contribution is 2.39. The average Bonchev–Trinajstić information content (AvgIpc) is 2.94. The van der Waals surface area contributed by atoms with E-state index in [-0.39, 0.29) is 29.3 Å². The fourth-order valence-electron chi connectivity index (χ4n) is 6.40. The minimum absolute atomic E-state index is 0.00646. The van der Waals surface area contributed by atoms with Crippen molar-refractivity contribution >= 4 is 23.2 Å². The van der Waals surface area contributed by atoms with Crippen molar-refractivity contribution in [2.75, 3.05) is 29.9 Å². The second kappa shape index (κ2) is 10.1. The van der Waals surface area contributed by atoms with Gasteiger partial charge in [-0.1, -0.05) is 6.07 Å². The van der Waals surface area contributed by atoms with E-state index in [1.54, 1.807) is 30.6 Å². The van der Waals surface area contributed by atoms with Crippen molar-refractivity contribution in [1.82, 2.24) is 14.5 Å². The molecule has 2 amide bonds. The summed E-state index contributed by atoms with van der Waals surface area (Å²) in [6.45, 7) is 5.09. The number of anilines is 2. The molecule has 5 heterocycles. The third-order valence-corrected chi connectivity index (χ3v) is 8.32. The molecular weight excluding hydrogens is 478 g/mol. The lowest BCUT2D eigenvalue weighted by atomic mass is 9.83. The normalized spacial score (nSPS) is 22.5. The molecule has 0 aliphatic carbocycles. The SMILES string of the molecule is CC1CCCCN1C(=O)c1ccc(N2CC3CC(C2)c2cccc(=O)n2C3)c(NC(=O)c2ccncc2)c1.